The average Bonchev–Trinajstić information content (AvgIpc) is 2.82. The number of aromatic amines is 2. The van der Waals surface area contributed by atoms with Crippen LogP contribution in [0.3, 0.4) is 0 Å². The quantitative estimate of drug-likeness (QED) is 0.635. The maximum absolute atomic E-state index is 11.0. The second-order valence-electron chi connectivity index (χ2n) is 4.67. The van der Waals surface area contributed by atoms with Crippen LogP contribution in [-0.2, 0) is 0 Å². The van der Waals surface area contributed by atoms with Crippen LogP contribution in [0.5, 0.6) is 0 Å². The molecule has 1 aromatic rings. The molecular formula is C10H16N4O. The van der Waals surface area contributed by atoms with Crippen LogP contribution in [0.4, 0.5) is 0 Å². The van der Waals surface area contributed by atoms with Crippen molar-refractivity contribution in [1.82, 2.24) is 20.5 Å². The van der Waals surface area contributed by atoms with Gasteiger partial charge in [0.25, 0.3) is 0 Å². The third kappa shape index (κ3) is 1.61. The number of nitrogens with zero attached hydrogens (tertiary/aromatic N) is 1. The Kier molecular flexibility index (Phi) is 2.12. The number of hydrogen-bond acceptors (Lipinski definition) is 3. The first kappa shape index (κ1) is 9.15. The van der Waals surface area contributed by atoms with Crippen molar-refractivity contribution in [3.05, 3.63) is 16.3 Å². The normalized spacial score (nSPS) is 35.3. The number of H-pyrrole nitrogens is 2. The highest BCUT2D eigenvalue weighted by molar-refractivity contribution is 5.01. The zero-order chi connectivity index (χ0) is 10.3. The number of rotatable bonds is 1. The van der Waals surface area contributed by atoms with E-state index in [1.807, 2.05) is 0 Å². The SMILES string of the molecule is O=c1[nH]nc(C2CC3CCCCC3N2)[nH]1. The fraction of sp³-hybridized carbons (Fsp3) is 0.800. The van der Waals surface area contributed by atoms with Crippen LogP contribution in [0.2, 0.25) is 0 Å². The number of aromatic nitrogens is 3. The zero-order valence-electron chi connectivity index (χ0n) is 8.62. The van der Waals surface area contributed by atoms with Crippen LogP contribution >= 0.6 is 0 Å². The molecule has 2 fully saturated rings. The molecule has 0 bridgehead atoms. The fourth-order valence-electron chi connectivity index (χ4n) is 2.98. The van der Waals surface area contributed by atoms with E-state index in [1.54, 1.807) is 0 Å². The van der Waals surface area contributed by atoms with Gasteiger partial charge < -0.3 is 5.32 Å². The van der Waals surface area contributed by atoms with Gasteiger partial charge in [0.2, 0.25) is 0 Å². The summed E-state index contributed by atoms with van der Waals surface area (Å²) in [6, 6.07) is 0.890. The Hall–Kier alpha value is -1.10. The molecule has 0 radical (unpaired) electrons. The van der Waals surface area contributed by atoms with Crippen molar-refractivity contribution in [3.8, 4) is 0 Å². The molecule has 3 unspecified atom stereocenters. The Morgan fingerprint density at radius 3 is 2.87 bits per heavy atom. The summed E-state index contributed by atoms with van der Waals surface area (Å²) in [6.07, 6.45) is 6.40. The first-order chi connectivity index (χ1) is 7.33. The minimum absolute atomic E-state index is 0.207. The second kappa shape index (κ2) is 3.48. The van der Waals surface area contributed by atoms with E-state index < -0.39 is 0 Å². The zero-order valence-corrected chi connectivity index (χ0v) is 8.62. The summed E-state index contributed by atoms with van der Waals surface area (Å²) >= 11 is 0. The lowest BCUT2D eigenvalue weighted by Gasteiger charge is -2.24. The topological polar surface area (TPSA) is 73.6 Å². The van der Waals surface area contributed by atoms with Crippen LogP contribution in [0, 0.1) is 5.92 Å². The molecule has 15 heavy (non-hydrogen) atoms. The molecule has 1 aliphatic heterocycles. The highest BCUT2D eigenvalue weighted by atomic mass is 16.1. The molecule has 3 N–H and O–H groups in total. The highest BCUT2D eigenvalue weighted by Crippen LogP contribution is 2.37. The van der Waals surface area contributed by atoms with Gasteiger partial charge in [0.05, 0.1) is 6.04 Å². The molecular weight excluding hydrogens is 192 g/mol. The van der Waals surface area contributed by atoms with Crippen molar-refractivity contribution in [2.45, 2.75) is 44.2 Å². The van der Waals surface area contributed by atoms with E-state index in [2.05, 4.69) is 20.5 Å². The predicted octanol–water partition coefficient (Wildman–Crippen LogP) is 0.691. The van der Waals surface area contributed by atoms with E-state index in [4.69, 9.17) is 0 Å². The monoisotopic (exact) mass is 208 g/mol. The lowest BCUT2D eigenvalue weighted by atomic mass is 9.85. The molecule has 0 aromatic carbocycles. The first-order valence-electron chi connectivity index (χ1n) is 5.73. The average molecular weight is 208 g/mol. The number of nitrogens with one attached hydrogen (secondary N) is 3. The van der Waals surface area contributed by atoms with Gasteiger partial charge in [0.1, 0.15) is 5.82 Å². The van der Waals surface area contributed by atoms with Crippen molar-refractivity contribution >= 4 is 0 Å². The smallest absolute Gasteiger partial charge is 0.304 e. The molecule has 5 heteroatoms. The summed E-state index contributed by atoms with van der Waals surface area (Å²) in [6.45, 7) is 0. The van der Waals surface area contributed by atoms with Crippen molar-refractivity contribution in [2.75, 3.05) is 0 Å². The molecule has 2 aliphatic rings. The number of fused-ring (bicyclic) bond motifs is 1. The molecule has 3 rings (SSSR count). The molecule has 5 nitrogen and oxygen atoms in total. The second-order valence-corrected chi connectivity index (χ2v) is 4.67. The van der Waals surface area contributed by atoms with Gasteiger partial charge in [-0.3, -0.25) is 4.98 Å². The van der Waals surface area contributed by atoms with Crippen molar-refractivity contribution in [3.63, 3.8) is 0 Å². The van der Waals surface area contributed by atoms with Crippen LogP contribution in [0.15, 0.2) is 4.79 Å². The summed E-state index contributed by atoms with van der Waals surface area (Å²) in [7, 11) is 0. The number of hydrogen-bond donors (Lipinski definition) is 3. The van der Waals surface area contributed by atoms with Gasteiger partial charge in [-0.05, 0) is 25.2 Å². The summed E-state index contributed by atoms with van der Waals surface area (Å²) in [5.74, 6) is 1.55. The summed E-state index contributed by atoms with van der Waals surface area (Å²) in [5.41, 5.74) is -0.207. The van der Waals surface area contributed by atoms with E-state index in [0.717, 1.165) is 18.2 Å². The lowest BCUT2D eigenvalue weighted by Crippen LogP contribution is -2.30. The minimum Gasteiger partial charge on any atom is -0.304 e. The van der Waals surface area contributed by atoms with Crippen LogP contribution in [-0.4, -0.2) is 21.2 Å². The summed E-state index contributed by atoms with van der Waals surface area (Å²) in [5, 5.41) is 10.00. The first-order valence-corrected chi connectivity index (χ1v) is 5.73. The Bertz CT molecular complexity index is 382. The third-order valence-corrected chi connectivity index (χ3v) is 3.71. The van der Waals surface area contributed by atoms with Crippen molar-refractivity contribution < 1.29 is 0 Å². The van der Waals surface area contributed by atoms with Gasteiger partial charge in [0, 0.05) is 6.04 Å². The minimum atomic E-state index is -0.207. The predicted molar refractivity (Wildman–Crippen MR) is 55.4 cm³/mol. The van der Waals surface area contributed by atoms with E-state index in [9.17, 15) is 4.79 Å². The van der Waals surface area contributed by atoms with Gasteiger partial charge in [0.15, 0.2) is 0 Å². The largest absolute Gasteiger partial charge is 0.340 e. The fourth-order valence-corrected chi connectivity index (χ4v) is 2.98. The molecule has 82 valence electrons. The van der Waals surface area contributed by atoms with E-state index in [1.165, 1.54) is 25.7 Å². The van der Waals surface area contributed by atoms with E-state index in [-0.39, 0.29) is 11.7 Å². The van der Waals surface area contributed by atoms with Crippen LogP contribution in [0.1, 0.15) is 44.0 Å². The van der Waals surface area contributed by atoms with Crippen LogP contribution < -0.4 is 11.0 Å². The van der Waals surface area contributed by atoms with Crippen molar-refractivity contribution in [2.24, 2.45) is 5.92 Å². The van der Waals surface area contributed by atoms with Gasteiger partial charge in [-0.15, -0.1) is 0 Å². The van der Waals surface area contributed by atoms with Crippen molar-refractivity contribution in [1.29, 1.82) is 0 Å². The Morgan fingerprint density at radius 2 is 2.13 bits per heavy atom. The molecule has 0 amide bonds. The van der Waals surface area contributed by atoms with E-state index in [0.29, 0.717) is 6.04 Å². The van der Waals surface area contributed by atoms with Gasteiger partial charge in [-0.2, -0.15) is 5.10 Å². The molecule has 0 spiro atoms. The lowest BCUT2D eigenvalue weighted by molar-refractivity contribution is 0.325. The van der Waals surface area contributed by atoms with E-state index >= 15 is 0 Å². The molecule has 1 saturated carbocycles. The van der Waals surface area contributed by atoms with Gasteiger partial charge >= 0.3 is 5.69 Å². The van der Waals surface area contributed by atoms with Crippen LogP contribution in [0.25, 0.3) is 0 Å². The van der Waals surface area contributed by atoms with Gasteiger partial charge in [-0.1, -0.05) is 12.8 Å². The Balaban J connectivity index is 1.77. The summed E-state index contributed by atoms with van der Waals surface area (Å²) < 4.78 is 0. The third-order valence-electron chi connectivity index (χ3n) is 3.71. The maximum atomic E-state index is 11.0. The molecule has 2 heterocycles. The molecule has 1 aliphatic carbocycles. The molecule has 1 aromatic heterocycles. The Morgan fingerprint density at radius 1 is 1.27 bits per heavy atom. The standard InChI is InChI=1S/C10H16N4O/c15-10-12-9(13-14-10)8-5-6-3-1-2-4-7(6)11-8/h6-8,11H,1-5H2,(H2,12,13,14,15). The molecule has 3 atom stereocenters. The highest BCUT2D eigenvalue weighted by Gasteiger charge is 2.36. The Labute approximate surface area is 87.7 Å². The molecule has 1 saturated heterocycles. The summed E-state index contributed by atoms with van der Waals surface area (Å²) in [4.78, 5) is 13.7. The van der Waals surface area contributed by atoms with Gasteiger partial charge in [-0.25, -0.2) is 9.89 Å². The maximum Gasteiger partial charge on any atom is 0.340 e.